The van der Waals surface area contributed by atoms with Crippen LogP contribution in [0.3, 0.4) is 0 Å². The van der Waals surface area contributed by atoms with Crippen LogP contribution in [-0.2, 0) is 12.8 Å². The smallest absolute Gasteiger partial charge is 0.217 e. The van der Waals surface area contributed by atoms with Gasteiger partial charge in [0.1, 0.15) is 0 Å². The maximum atomic E-state index is 5.52. The lowest BCUT2D eigenvalue weighted by Crippen LogP contribution is -1.84. The molecule has 0 saturated heterocycles. The number of nitrogens with zero attached hydrogens (tertiary/aromatic N) is 2. The highest BCUT2D eigenvalue weighted by atomic mass is 35.5. The van der Waals surface area contributed by atoms with Crippen LogP contribution in [-0.4, -0.2) is 16.1 Å². The molecule has 1 heterocycles. The van der Waals surface area contributed by atoms with Crippen LogP contribution >= 0.6 is 11.6 Å². The van der Waals surface area contributed by atoms with E-state index < -0.39 is 0 Å². The Kier molecular flexibility index (Phi) is 4.08. The number of alkyl halides is 1. The predicted octanol–water partition coefficient (Wildman–Crippen LogP) is 2.19. The van der Waals surface area contributed by atoms with Gasteiger partial charge < -0.3 is 4.42 Å². The lowest BCUT2D eigenvalue weighted by Gasteiger charge is -1.89. The Bertz CT molecular complexity index is 225. The molecule has 0 spiro atoms. The molecule has 0 aliphatic rings. The second kappa shape index (κ2) is 5.14. The van der Waals surface area contributed by atoms with Crippen LogP contribution in [0.5, 0.6) is 0 Å². The molecule has 0 aromatic carbocycles. The number of aryl methyl sites for hydroxylation is 2. The summed E-state index contributed by atoms with van der Waals surface area (Å²) in [7, 11) is 0. The molecule has 1 aromatic heterocycles. The van der Waals surface area contributed by atoms with Crippen LogP contribution in [0.15, 0.2) is 4.42 Å². The summed E-state index contributed by atoms with van der Waals surface area (Å²) in [6.45, 7) is 2.13. The summed E-state index contributed by atoms with van der Waals surface area (Å²) in [5.74, 6) is 1.92. The summed E-state index contributed by atoms with van der Waals surface area (Å²) < 4.78 is 5.32. The minimum Gasteiger partial charge on any atom is -0.425 e. The van der Waals surface area contributed by atoms with E-state index in [4.69, 9.17) is 16.0 Å². The summed E-state index contributed by atoms with van der Waals surface area (Å²) in [5, 5.41) is 7.75. The molecule has 0 aliphatic carbocycles. The van der Waals surface area contributed by atoms with Crippen molar-refractivity contribution in [1.29, 1.82) is 0 Å². The molecule has 0 amide bonds. The van der Waals surface area contributed by atoms with Gasteiger partial charge in [0.15, 0.2) is 0 Å². The van der Waals surface area contributed by atoms with Gasteiger partial charge in [0.25, 0.3) is 0 Å². The molecule has 1 aromatic rings. The SMILES string of the molecule is CCCCc1nnc(CCCl)o1. The third kappa shape index (κ3) is 2.81. The zero-order chi connectivity index (χ0) is 8.81. The molecule has 4 heteroatoms. The van der Waals surface area contributed by atoms with Crippen molar-refractivity contribution in [3.8, 4) is 0 Å². The van der Waals surface area contributed by atoms with Crippen molar-refractivity contribution >= 4 is 11.6 Å². The largest absolute Gasteiger partial charge is 0.425 e. The predicted molar refractivity (Wildman–Crippen MR) is 47.3 cm³/mol. The highest BCUT2D eigenvalue weighted by Gasteiger charge is 2.03. The third-order valence-corrected chi connectivity index (χ3v) is 1.75. The summed E-state index contributed by atoms with van der Waals surface area (Å²) in [4.78, 5) is 0. The second-order valence-corrected chi connectivity index (χ2v) is 3.01. The van der Waals surface area contributed by atoms with Gasteiger partial charge in [-0.15, -0.1) is 21.8 Å². The Balaban J connectivity index is 2.41. The summed E-state index contributed by atoms with van der Waals surface area (Å²) in [6, 6.07) is 0. The first-order valence-electron chi connectivity index (χ1n) is 4.24. The van der Waals surface area contributed by atoms with Gasteiger partial charge in [-0.3, -0.25) is 0 Å². The van der Waals surface area contributed by atoms with E-state index in [0.717, 1.165) is 25.2 Å². The van der Waals surface area contributed by atoms with E-state index in [9.17, 15) is 0 Å². The molecule has 0 saturated carbocycles. The van der Waals surface area contributed by atoms with Gasteiger partial charge >= 0.3 is 0 Å². The molecule has 0 atom stereocenters. The van der Waals surface area contributed by atoms with Crippen molar-refractivity contribution in [2.45, 2.75) is 32.6 Å². The number of hydrogen-bond donors (Lipinski definition) is 0. The van der Waals surface area contributed by atoms with E-state index >= 15 is 0 Å². The first kappa shape index (κ1) is 9.52. The quantitative estimate of drug-likeness (QED) is 0.665. The third-order valence-electron chi connectivity index (χ3n) is 1.56. The molecule has 3 nitrogen and oxygen atoms in total. The molecule has 0 fully saturated rings. The summed E-state index contributed by atoms with van der Waals surface area (Å²) >= 11 is 5.52. The van der Waals surface area contributed by atoms with Crippen molar-refractivity contribution in [3.63, 3.8) is 0 Å². The van der Waals surface area contributed by atoms with E-state index in [-0.39, 0.29) is 0 Å². The molecule has 68 valence electrons. The Morgan fingerprint density at radius 1 is 1.25 bits per heavy atom. The zero-order valence-electron chi connectivity index (χ0n) is 7.22. The van der Waals surface area contributed by atoms with Crippen molar-refractivity contribution < 1.29 is 4.42 Å². The van der Waals surface area contributed by atoms with Crippen LogP contribution < -0.4 is 0 Å². The van der Waals surface area contributed by atoms with Gasteiger partial charge in [-0.1, -0.05) is 13.3 Å². The van der Waals surface area contributed by atoms with Gasteiger partial charge in [-0.2, -0.15) is 0 Å². The highest BCUT2D eigenvalue weighted by Crippen LogP contribution is 2.05. The lowest BCUT2D eigenvalue weighted by molar-refractivity contribution is 0.448. The molecule has 0 aliphatic heterocycles. The normalized spacial score (nSPS) is 10.5. The van der Waals surface area contributed by atoms with Crippen LogP contribution in [0.25, 0.3) is 0 Å². The molecule has 0 unspecified atom stereocenters. The molecule has 1 rings (SSSR count). The summed E-state index contributed by atoms with van der Waals surface area (Å²) in [6.07, 6.45) is 3.79. The number of hydrogen-bond acceptors (Lipinski definition) is 3. The fourth-order valence-electron chi connectivity index (χ4n) is 0.899. The Labute approximate surface area is 77.1 Å². The molecule has 12 heavy (non-hydrogen) atoms. The van der Waals surface area contributed by atoms with Crippen LogP contribution in [0.2, 0.25) is 0 Å². The zero-order valence-corrected chi connectivity index (χ0v) is 7.97. The Morgan fingerprint density at radius 2 is 1.92 bits per heavy atom. The monoisotopic (exact) mass is 188 g/mol. The summed E-state index contributed by atoms with van der Waals surface area (Å²) in [5.41, 5.74) is 0. The average molecular weight is 189 g/mol. The second-order valence-electron chi connectivity index (χ2n) is 2.63. The number of unbranched alkanes of at least 4 members (excludes halogenated alkanes) is 1. The Morgan fingerprint density at radius 3 is 2.50 bits per heavy atom. The van der Waals surface area contributed by atoms with E-state index in [1.807, 2.05) is 0 Å². The molecule has 0 N–H and O–H groups in total. The maximum Gasteiger partial charge on any atom is 0.217 e. The molecule has 0 bridgehead atoms. The van der Waals surface area contributed by atoms with Crippen molar-refractivity contribution in [2.24, 2.45) is 0 Å². The minimum absolute atomic E-state index is 0.537. The highest BCUT2D eigenvalue weighted by molar-refractivity contribution is 6.17. The Hall–Kier alpha value is -0.570. The van der Waals surface area contributed by atoms with Gasteiger partial charge in [0, 0.05) is 18.7 Å². The first-order chi connectivity index (χ1) is 5.86. The van der Waals surface area contributed by atoms with Gasteiger partial charge in [-0.05, 0) is 6.42 Å². The fourth-order valence-corrected chi connectivity index (χ4v) is 1.06. The van der Waals surface area contributed by atoms with Crippen LogP contribution in [0.4, 0.5) is 0 Å². The van der Waals surface area contributed by atoms with Crippen molar-refractivity contribution in [2.75, 3.05) is 5.88 Å². The van der Waals surface area contributed by atoms with Gasteiger partial charge in [0.05, 0.1) is 0 Å². The molecule has 0 radical (unpaired) electrons. The number of aromatic nitrogens is 2. The van der Waals surface area contributed by atoms with E-state index in [1.165, 1.54) is 0 Å². The number of halogens is 1. The van der Waals surface area contributed by atoms with Crippen LogP contribution in [0, 0.1) is 0 Å². The fraction of sp³-hybridized carbons (Fsp3) is 0.750. The lowest BCUT2D eigenvalue weighted by atomic mass is 10.2. The van der Waals surface area contributed by atoms with Crippen molar-refractivity contribution in [3.05, 3.63) is 11.8 Å². The minimum atomic E-state index is 0.537. The topological polar surface area (TPSA) is 38.9 Å². The molecular formula is C8H13ClN2O. The van der Waals surface area contributed by atoms with Gasteiger partial charge in [-0.25, -0.2) is 0 Å². The van der Waals surface area contributed by atoms with Gasteiger partial charge in [0.2, 0.25) is 11.8 Å². The first-order valence-corrected chi connectivity index (χ1v) is 4.77. The standard InChI is InChI=1S/C8H13ClN2O/c1-2-3-4-7-10-11-8(12-7)5-6-9/h2-6H2,1H3. The average Bonchev–Trinajstić information content (AvgIpc) is 2.50. The van der Waals surface area contributed by atoms with E-state index in [0.29, 0.717) is 18.2 Å². The molecular weight excluding hydrogens is 176 g/mol. The van der Waals surface area contributed by atoms with Crippen LogP contribution in [0.1, 0.15) is 31.5 Å². The number of rotatable bonds is 5. The van der Waals surface area contributed by atoms with E-state index in [1.54, 1.807) is 0 Å². The maximum absolute atomic E-state index is 5.52. The van der Waals surface area contributed by atoms with E-state index in [2.05, 4.69) is 17.1 Å². The van der Waals surface area contributed by atoms with Crippen molar-refractivity contribution in [1.82, 2.24) is 10.2 Å².